The van der Waals surface area contributed by atoms with Crippen molar-refractivity contribution < 1.29 is 18.0 Å². The highest BCUT2D eigenvalue weighted by Crippen LogP contribution is 2.27. The van der Waals surface area contributed by atoms with Gasteiger partial charge in [-0.2, -0.15) is 0 Å². The van der Waals surface area contributed by atoms with Crippen LogP contribution in [0.2, 0.25) is 0 Å². The fourth-order valence-electron chi connectivity index (χ4n) is 5.00. The van der Waals surface area contributed by atoms with Gasteiger partial charge in [0.05, 0.1) is 10.6 Å². The van der Waals surface area contributed by atoms with Crippen LogP contribution in [0.3, 0.4) is 0 Å². The Morgan fingerprint density at radius 1 is 0.756 bits per heavy atom. The molecule has 0 radical (unpaired) electrons. The molecule has 8 heteroatoms. The molecule has 4 aromatic carbocycles. The zero-order valence-electron chi connectivity index (χ0n) is 26.7. The van der Waals surface area contributed by atoms with E-state index in [4.69, 9.17) is 0 Å². The smallest absolute Gasteiger partial charge is 0.264 e. The summed E-state index contributed by atoms with van der Waals surface area (Å²) in [7, 11) is -4.13. The van der Waals surface area contributed by atoms with E-state index in [1.54, 1.807) is 30.3 Å². The number of benzene rings is 4. The van der Waals surface area contributed by atoms with Gasteiger partial charge >= 0.3 is 0 Å². The Hall–Kier alpha value is -4.43. The van der Waals surface area contributed by atoms with Gasteiger partial charge < -0.3 is 10.2 Å². The maximum absolute atomic E-state index is 14.5. The van der Waals surface area contributed by atoms with E-state index in [1.807, 2.05) is 95.3 Å². The van der Waals surface area contributed by atoms with Crippen LogP contribution in [0, 0.1) is 26.7 Å². The van der Waals surface area contributed by atoms with Gasteiger partial charge in [0.2, 0.25) is 11.8 Å². The molecule has 0 heterocycles. The lowest BCUT2D eigenvalue weighted by molar-refractivity contribution is -0.140. The van der Waals surface area contributed by atoms with Gasteiger partial charge in [0.15, 0.2) is 0 Å². The van der Waals surface area contributed by atoms with E-state index in [2.05, 4.69) is 5.32 Å². The molecule has 1 atom stereocenters. The van der Waals surface area contributed by atoms with E-state index in [1.165, 1.54) is 17.0 Å². The molecule has 0 saturated heterocycles. The van der Waals surface area contributed by atoms with Gasteiger partial charge in [0.25, 0.3) is 10.0 Å². The summed E-state index contributed by atoms with van der Waals surface area (Å²) >= 11 is 0. The predicted octanol–water partition coefficient (Wildman–Crippen LogP) is 6.22. The second-order valence-corrected chi connectivity index (χ2v) is 13.8. The van der Waals surface area contributed by atoms with Crippen molar-refractivity contribution in [2.75, 3.05) is 17.4 Å². The van der Waals surface area contributed by atoms with E-state index in [-0.39, 0.29) is 29.7 Å². The molecule has 1 N–H and O–H groups in total. The summed E-state index contributed by atoms with van der Waals surface area (Å²) in [5.41, 5.74) is 5.10. The van der Waals surface area contributed by atoms with Crippen molar-refractivity contribution in [2.24, 2.45) is 5.92 Å². The lowest BCUT2D eigenvalue weighted by atomic mass is 10.0. The molecule has 0 bridgehead atoms. The van der Waals surface area contributed by atoms with Crippen LogP contribution in [0.5, 0.6) is 0 Å². The third-order valence-electron chi connectivity index (χ3n) is 7.82. The van der Waals surface area contributed by atoms with Crippen molar-refractivity contribution in [2.45, 2.75) is 58.5 Å². The fourth-order valence-corrected chi connectivity index (χ4v) is 6.42. The van der Waals surface area contributed by atoms with Crippen molar-refractivity contribution >= 4 is 27.5 Å². The van der Waals surface area contributed by atoms with Gasteiger partial charge in [-0.25, -0.2) is 8.42 Å². The van der Waals surface area contributed by atoms with E-state index < -0.39 is 28.5 Å². The third-order valence-corrected chi connectivity index (χ3v) is 9.61. The summed E-state index contributed by atoms with van der Waals surface area (Å²) < 4.78 is 29.4. The SMILES string of the molecule is Cc1ccc(CN(C(=O)CN(c2ccc(C)c(C)c2)S(=O)(=O)c2ccccc2)C(Cc2ccccc2)C(=O)NCC(C)C)cc1. The van der Waals surface area contributed by atoms with Gasteiger partial charge in [0, 0.05) is 19.5 Å². The summed E-state index contributed by atoms with van der Waals surface area (Å²) in [5.74, 6) is -0.547. The van der Waals surface area contributed by atoms with Crippen molar-refractivity contribution in [3.05, 3.63) is 131 Å². The quantitative estimate of drug-likeness (QED) is 0.191. The van der Waals surface area contributed by atoms with Crippen LogP contribution in [-0.4, -0.2) is 44.3 Å². The number of nitrogens with one attached hydrogen (secondary N) is 1. The van der Waals surface area contributed by atoms with Crippen molar-refractivity contribution in [1.29, 1.82) is 0 Å². The van der Waals surface area contributed by atoms with E-state index >= 15 is 0 Å². The van der Waals surface area contributed by atoms with Gasteiger partial charge in [-0.15, -0.1) is 0 Å². The first-order valence-corrected chi connectivity index (χ1v) is 16.7. The Morgan fingerprint density at radius 2 is 1.38 bits per heavy atom. The standard InChI is InChI=1S/C37H43N3O4S/c1-27(2)24-38-37(42)35(23-31-12-8-6-9-13-31)39(25-32-19-16-28(3)17-20-32)36(41)26-40(33-21-18-29(4)30(5)22-33)45(43,44)34-14-10-7-11-15-34/h6-22,27,35H,23-26H2,1-5H3,(H,38,42). The molecule has 0 aliphatic carbocycles. The minimum Gasteiger partial charge on any atom is -0.354 e. The molecule has 0 aliphatic heterocycles. The number of rotatable bonds is 13. The summed E-state index contributed by atoms with van der Waals surface area (Å²) in [4.78, 5) is 30.0. The summed E-state index contributed by atoms with van der Waals surface area (Å²) in [6.45, 7) is 9.98. The average molecular weight is 626 g/mol. The van der Waals surface area contributed by atoms with Crippen molar-refractivity contribution in [3.8, 4) is 0 Å². The van der Waals surface area contributed by atoms with Gasteiger partial charge in [0.1, 0.15) is 12.6 Å². The molecule has 45 heavy (non-hydrogen) atoms. The maximum atomic E-state index is 14.5. The monoisotopic (exact) mass is 625 g/mol. The molecule has 7 nitrogen and oxygen atoms in total. The number of hydrogen-bond donors (Lipinski definition) is 1. The minimum atomic E-state index is -4.13. The van der Waals surface area contributed by atoms with E-state index in [9.17, 15) is 18.0 Å². The molecule has 2 amide bonds. The zero-order valence-corrected chi connectivity index (χ0v) is 27.6. The number of amides is 2. The van der Waals surface area contributed by atoms with Crippen LogP contribution in [-0.2, 0) is 32.6 Å². The molecule has 0 aromatic heterocycles. The number of aryl methyl sites for hydroxylation is 3. The Balaban J connectivity index is 1.80. The van der Waals surface area contributed by atoms with Gasteiger partial charge in [-0.3, -0.25) is 13.9 Å². The number of hydrogen-bond acceptors (Lipinski definition) is 4. The fraction of sp³-hybridized carbons (Fsp3) is 0.297. The summed E-state index contributed by atoms with van der Waals surface area (Å²) in [6.07, 6.45) is 0.275. The zero-order chi connectivity index (χ0) is 32.6. The third kappa shape index (κ3) is 8.82. The molecular formula is C37H43N3O4S. The van der Waals surface area contributed by atoms with E-state index in [0.717, 1.165) is 32.1 Å². The van der Waals surface area contributed by atoms with Crippen molar-refractivity contribution in [1.82, 2.24) is 10.2 Å². The Kier molecular flexibility index (Phi) is 11.2. The highest BCUT2D eigenvalue weighted by Gasteiger charge is 2.34. The molecule has 1 unspecified atom stereocenters. The van der Waals surface area contributed by atoms with Crippen LogP contribution in [0.4, 0.5) is 5.69 Å². The molecule has 0 fully saturated rings. The van der Waals surface area contributed by atoms with Gasteiger partial charge in [-0.05, 0) is 73.2 Å². The largest absolute Gasteiger partial charge is 0.354 e. The summed E-state index contributed by atoms with van der Waals surface area (Å²) in [5, 5.41) is 3.02. The first-order chi connectivity index (χ1) is 21.5. The highest BCUT2D eigenvalue weighted by molar-refractivity contribution is 7.92. The van der Waals surface area contributed by atoms with Gasteiger partial charge in [-0.1, -0.05) is 98.3 Å². The molecule has 0 saturated carbocycles. The average Bonchev–Trinajstić information content (AvgIpc) is 3.03. The topological polar surface area (TPSA) is 86.8 Å². The molecule has 0 aliphatic rings. The highest BCUT2D eigenvalue weighted by atomic mass is 32.2. The minimum absolute atomic E-state index is 0.0802. The second-order valence-electron chi connectivity index (χ2n) is 11.9. The number of sulfonamides is 1. The first-order valence-electron chi connectivity index (χ1n) is 15.3. The molecule has 236 valence electrons. The molecule has 0 spiro atoms. The van der Waals surface area contributed by atoms with Crippen LogP contribution in [0.25, 0.3) is 0 Å². The molecule has 4 aromatic rings. The summed E-state index contributed by atoms with van der Waals surface area (Å²) in [6, 6.07) is 29.9. The lowest BCUT2D eigenvalue weighted by Gasteiger charge is -2.34. The van der Waals surface area contributed by atoms with Crippen LogP contribution >= 0.6 is 0 Å². The van der Waals surface area contributed by atoms with E-state index in [0.29, 0.717) is 12.2 Å². The number of nitrogens with zero attached hydrogens (tertiary/aromatic N) is 2. The number of anilines is 1. The molecular weight excluding hydrogens is 582 g/mol. The van der Waals surface area contributed by atoms with Crippen LogP contribution in [0.15, 0.2) is 108 Å². The Labute approximate surface area is 268 Å². The van der Waals surface area contributed by atoms with Crippen LogP contribution in [0.1, 0.15) is 41.7 Å². The van der Waals surface area contributed by atoms with Crippen molar-refractivity contribution in [3.63, 3.8) is 0 Å². The lowest BCUT2D eigenvalue weighted by Crippen LogP contribution is -2.53. The molecule has 4 rings (SSSR count). The predicted molar refractivity (Wildman–Crippen MR) is 180 cm³/mol. The van der Waals surface area contributed by atoms with Crippen LogP contribution < -0.4 is 9.62 Å². The maximum Gasteiger partial charge on any atom is 0.264 e. The Bertz CT molecular complexity index is 1690. The first kappa shape index (κ1) is 33.5. The normalized spacial score (nSPS) is 12.0. The Morgan fingerprint density at radius 3 is 1.98 bits per heavy atom. The number of carbonyl (C=O) groups is 2. The number of carbonyl (C=O) groups excluding carboxylic acids is 2. The second kappa shape index (κ2) is 15.0.